The van der Waals surface area contributed by atoms with Crippen LogP contribution in [0.4, 0.5) is 0 Å². The molecule has 0 aromatic rings. The van der Waals surface area contributed by atoms with E-state index in [-0.39, 0.29) is 46.3 Å². The standard InChI is InChI=1S/C41H66N2O8/c1-25(44)49-36(38(4,5)46)29-10-8-28-35(50-29)34(45)33-27-9-11-30-37(2,3)31(12-13-41(30)24-40(27,41)15-14-39(28,33)6)51-32-23-43(17-19-48-32)22-26-20-42(21-26)16-18-47-7/h26-33,35-36,46H,8-24H2,1-7H3/t27?,28?,29?,30?,31-,32?,33?,35?,36?,39?,40-,41?/m0/s1. The lowest BCUT2D eigenvalue weighted by atomic mass is 9.46. The average Bonchev–Trinajstić information content (AvgIpc) is 3.67. The third-order valence-corrected chi connectivity index (χ3v) is 16.2. The van der Waals surface area contributed by atoms with Gasteiger partial charge in [-0.3, -0.25) is 14.5 Å². The Hall–Kier alpha value is -1.14. The van der Waals surface area contributed by atoms with Gasteiger partial charge in [0.25, 0.3) is 0 Å². The second-order valence-corrected chi connectivity index (χ2v) is 19.7. The van der Waals surface area contributed by atoms with Crippen LogP contribution in [0.1, 0.15) is 99.3 Å². The molecular formula is C41H66N2O8. The van der Waals surface area contributed by atoms with Crippen LogP contribution in [0.2, 0.25) is 0 Å². The SMILES string of the molecule is COCCN1CC(CN2CCOC(O[C@H]3CCC45C[C@]46CCC4(C)C7CCC(C(OC(C)=O)C(C)(C)O)OC7C(=O)C4C6CCC5C3(C)C)C2)C1. The molecule has 10 unspecified atom stereocenters. The first-order valence-electron chi connectivity index (χ1n) is 20.4. The number of fused-ring (bicyclic) bond motifs is 4. The fraction of sp³-hybridized carbons (Fsp3) is 0.951. The number of aliphatic hydroxyl groups is 1. The lowest BCUT2D eigenvalue weighted by molar-refractivity contribution is -0.246. The van der Waals surface area contributed by atoms with Crippen LogP contribution in [0.5, 0.6) is 0 Å². The van der Waals surface area contributed by atoms with E-state index in [2.05, 4.69) is 30.6 Å². The number of ketones is 1. The van der Waals surface area contributed by atoms with Crippen LogP contribution in [0.15, 0.2) is 0 Å². The van der Waals surface area contributed by atoms with Crippen LogP contribution < -0.4 is 0 Å². The Morgan fingerprint density at radius 1 is 1.00 bits per heavy atom. The lowest BCUT2D eigenvalue weighted by Crippen LogP contribution is -2.57. The maximum absolute atomic E-state index is 14.6. The topological polar surface area (TPSA) is 107 Å². The quantitative estimate of drug-likeness (QED) is 0.321. The Morgan fingerprint density at radius 2 is 1.76 bits per heavy atom. The smallest absolute Gasteiger partial charge is 0.303 e. The summed E-state index contributed by atoms with van der Waals surface area (Å²) in [5.74, 6) is 1.78. The first kappa shape index (κ1) is 36.8. The Kier molecular flexibility index (Phi) is 9.37. The highest BCUT2D eigenvalue weighted by molar-refractivity contribution is 5.90. The summed E-state index contributed by atoms with van der Waals surface area (Å²) in [7, 11) is 1.78. The van der Waals surface area contributed by atoms with E-state index in [1.807, 2.05) is 0 Å². The second kappa shape index (κ2) is 13.0. The third-order valence-electron chi connectivity index (χ3n) is 16.2. The van der Waals surface area contributed by atoms with Crippen molar-refractivity contribution in [2.75, 3.05) is 59.6 Å². The van der Waals surface area contributed by atoms with Crippen molar-refractivity contribution < 1.29 is 38.4 Å². The van der Waals surface area contributed by atoms with Gasteiger partial charge in [-0.05, 0) is 117 Å². The van der Waals surface area contributed by atoms with Gasteiger partial charge in [-0.1, -0.05) is 20.8 Å². The highest BCUT2D eigenvalue weighted by Gasteiger charge is 2.82. The number of carbonyl (C=O) groups excluding carboxylic acids is 2. The third kappa shape index (κ3) is 5.90. The van der Waals surface area contributed by atoms with Crippen molar-refractivity contribution in [3.8, 4) is 0 Å². The minimum absolute atomic E-state index is 0.0241. The van der Waals surface area contributed by atoms with Crippen molar-refractivity contribution in [1.82, 2.24) is 9.80 Å². The van der Waals surface area contributed by atoms with Crippen molar-refractivity contribution in [2.24, 2.45) is 51.2 Å². The zero-order chi connectivity index (χ0) is 36.1. The molecule has 51 heavy (non-hydrogen) atoms. The van der Waals surface area contributed by atoms with Crippen molar-refractivity contribution in [3.63, 3.8) is 0 Å². The van der Waals surface area contributed by atoms with E-state index < -0.39 is 29.9 Å². The Labute approximate surface area is 305 Å². The summed E-state index contributed by atoms with van der Waals surface area (Å²) in [6.07, 6.45) is 7.89. The van der Waals surface area contributed by atoms with Gasteiger partial charge in [0, 0.05) is 59.2 Å². The van der Waals surface area contributed by atoms with E-state index in [1.165, 1.54) is 26.2 Å². The largest absolute Gasteiger partial charge is 0.457 e. The van der Waals surface area contributed by atoms with E-state index in [1.54, 1.807) is 21.0 Å². The van der Waals surface area contributed by atoms with E-state index in [0.29, 0.717) is 23.7 Å². The van der Waals surface area contributed by atoms with Gasteiger partial charge in [0.15, 0.2) is 18.2 Å². The molecule has 2 spiro atoms. The monoisotopic (exact) mass is 714 g/mol. The number of hydrogen-bond acceptors (Lipinski definition) is 10. The summed E-state index contributed by atoms with van der Waals surface area (Å²) in [5.41, 5.74) is -0.729. The second-order valence-electron chi connectivity index (χ2n) is 19.7. The molecule has 3 aliphatic heterocycles. The van der Waals surface area contributed by atoms with Gasteiger partial charge in [-0.25, -0.2) is 0 Å². The lowest BCUT2D eigenvalue weighted by Gasteiger charge is -2.59. The van der Waals surface area contributed by atoms with Crippen LogP contribution in [-0.2, 0) is 33.3 Å². The highest BCUT2D eigenvalue weighted by atomic mass is 16.7. The molecule has 0 aromatic heterocycles. The molecule has 5 aliphatic carbocycles. The van der Waals surface area contributed by atoms with Gasteiger partial charge in [0.2, 0.25) is 0 Å². The van der Waals surface area contributed by atoms with Crippen molar-refractivity contribution >= 4 is 11.8 Å². The fourth-order valence-corrected chi connectivity index (χ4v) is 14.0. The van der Waals surface area contributed by atoms with E-state index in [4.69, 9.17) is 23.7 Å². The molecule has 10 heteroatoms. The Balaban J connectivity index is 0.924. The molecule has 3 saturated heterocycles. The molecule has 1 N–H and O–H groups in total. The fourth-order valence-electron chi connectivity index (χ4n) is 14.0. The number of likely N-dealkylation sites (tertiary alicyclic amines) is 1. The summed E-state index contributed by atoms with van der Waals surface area (Å²) in [4.78, 5) is 31.7. The highest BCUT2D eigenvalue weighted by Crippen LogP contribution is 2.87. The minimum atomic E-state index is -1.26. The number of methoxy groups -OCH3 is 1. The molecule has 8 aliphatic rings. The number of nitrogens with zero attached hydrogens (tertiary/aromatic N) is 2. The number of morpholine rings is 1. The zero-order valence-electron chi connectivity index (χ0n) is 32.5. The summed E-state index contributed by atoms with van der Waals surface area (Å²) in [5, 5.41) is 10.9. The zero-order valence-corrected chi connectivity index (χ0v) is 32.5. The first-order chi connectivity index (χ1) is 24.1. The van der Waals surface area contributed by atoms with Gasteiger partial charge in [-0.15, -0.1) is 0 Å². The van der Waals surface area contributed by atoms with E-state index >= 15 is 0 Å². The van der Waals surface area contributed by atoms with Gasteiger partial charge < -0.3 is 33.7 Å². The molecule has 3 heterocycles. The number of carbonyl (C=O) groups is 2. The van der Waals surface area contributed by atoms with Gasteiger partial charge in [-0.2, -0.15) is 0 Å². The van der Waals surface area contributed by atoms with Crippen LogP contribution in [0.25, 0.3) is 0 Å². The molecule has 12 atom stereocenters. The van der Waals surface area contributed by atoms with Crippen molar-refractivity contribution in [1.29, 1.82) is 0 Å². The summed E-state index contributed by atoms with van der Waals surface area (Å²) in [6, 6.07) is 0. The van der Waals surface area contributed by atoms with Crippen LogP contribution >= 0.6 is 0 Å². The summed E-state index contributed by atoms with van der Waals surface area (Å²) >= 11 is 0. The molecular weight excluding hydrogens is 648 g/mol. The predicted molar refractivity (Wildman–Crippen MR) is 191 cm³/mol. The number of esters is 1. The molecule has 0 bridgehead atoms. The van der Waals surface area contributed by atoms with Crippen LogP contribution in [-0.4, -0.2) is 123 Å². The molecule has 0 aromatic carbocycles. The Bertz CT molecular complexity index is 1340. The van der Waals surface area contributed by atoms with Crippen molar-refractivity contribution in [2.45, 2.75) is 136 Å². The normalized spacial score (nSPS) is 45.8. The summed E-state index contributed by atoms with van der Waals surface area (Å²) < 4.78 is 30.8. The molecule has 0 amide bonds. The molecule has 8 fully saturated rings. The van der Waals surface area contributed by atoms with Gasteiger partial charge in [0.05, 0.1) is 31.0 Å². The maximum atomic E-state index is 14.6. The number of ether oxygens (including phenoxy) is 5. The number of hydrogen-bond donors (Lipinski definition) is 1. The first-order valence-corrected chi connectivity index (χ1v) is 20.4. The average molecular weight is 715 g/mol. The minimum Gasteiger partial charge on any atom is -0.457 e. The van der Waals surface area contributed by atoms with E-state index in [9.17, 15) is 14.7 Å². The van der Waals surface area contributed by atoms with Gasteiger partial charge >= 0.3 is 5.97 Å². The van der Waals surface area contributed by atoms with E-state index in [0.717, 1.165) is 90.5 Å². The molecule has 10 nitrogen and oxygen atoms in total. The molecule has 8 rings (SSSR count). The van der Waals surface area contributed by atoms with Gasteiger partial charge in [0.1, 0.15) is 6.10 Å². The molecule has 0 radical (unpaired) electrons. The Morgan fingerprint density at radius 3 is 2.49 bits per heavy atom. The molecule has 5 saturated carbocycles. The van der Waals surface area contributed by atoms with Crippen molar-refractivity contribution in [3.05, 3.63) is 0 Å². The maximum Gasteiger partial charge on any atom is 0.303 e. The summed E-state index contributed by atoms with van der Waals surface area (Å²) in [6.45, 7) is 19.9. The van der Waals surface area contributed by atoms with Crippen LogP contribution in [0.3, 0.4) is 0 Å². The van der Waals surface area contributed by atoms with Crippen LogP contribution in [0, 0.1) is 51.2 Å². The predicted octanol–water partition coefficient (Wildman–Crippen LogP) is 4.70. The molecule has 288 valence electrons. The number of Topliss-reactive ketones (excluding diaryl/α,β-unsaturated/α-hetero) is 1. The number of rotatable bonds is 10.